The molecule has 4 N–H and O–H groups in total. The summed E-state index contributed by atoms with van der Waals surface area (Å²) in [6.45, 7) is 8.28. The standard InChI is InChI=1S/C21H41O.2C7H7NO2.O.Ti/c1-19(2)16-14-12-10-8-6-5-7-9-11-13-15-17-21(18-22)20(3)4;2*8-6-3-1-5(2-4-6)7(9)10;;/h19-21H,5-17H2,1-4H3;2*1-4H,8H2,(H,9,10);;/q;;;;+2/p-2. The van der Waals surface area contributed by atoms with Gasteiger partial charge >= 0.3 is 230 Å². The van der Waals surface area contributed by atoms with E-state index in [0.29, 0.717) is 17.8 Å². The molecule has 9 heteroatoms. The van der Waals surface area contributed by atoms with Gasteiger partial charge in [-0.05, 0) is 5.92 Å². The Hall–Kier alpha value is -2.84. The molecule has 0 radical (unpaired) electrons. The molecule has 0 aliphatic heterocycles. The number of hydrogen-bond donors (Lipinski definition) is 2. The second-order valence-electron chi connectivity index (χ2n) is 12.7. The quantitative estimate of drug-likeness (QED) is 0.0781. The number of nitrogens with two attached hydrogens (primary N) is 2. The van der Waals surface area contributed by atoms with Crippen LogP contribution >= 0.6 is 0 Å². The van der Waals surface area contributed by atoms with Crippen molar-refractivity contribution in [3.05, 3.63) is 59.7 Å². The number of carbonyl (C=O) groups excluding carboxylic acids is 3. The molecule has 243 valence electrons. The van der Waals surface area contributed by atoms with Crippen LogP contribution in [0.1, 0.15) is 132 Å². The Morgan fingerprint density at radius 1 is 0.591 bits per heavy atom. The van der Waals surface area contributed by atoms with Crippen LogP contribution in [0.25, 0.3) is 0 Å². The first-order valence-corrected chi connectivity index (χ1v) is 19.0. The second-order valence-corrected chi connectivity index (χ2v) is 15.8. The average molecular weight is 646 g/mol. The van der Waals surface area contributed by atoms with E-state index in [2.05, 4.69) is 13.8 Å². The molecule has 0 heterocycles. The van der Waals surface area contributed by atoms with Gasteiger partial charge in [-0.3, -0.25) is 0 Å². The molecule has 0 saturated carbocycles. The monoisotopic (exact) mass is 645 g/mol. The van der Waals surface area contributed by atoms with Gasteiger partial charge in [-0.15, -0.1) is 0 Å². The van der Waals surface area contributed by atoms with Crippen LogP contribution in [0, 0.1) is 17.8 Å². The summed E-state index contributed by atoms with van der Waals surface area (Å²) >= 11 is -5.92. The average Bonchev–Trinajstić information content (AvgIpc) is 2.97. The number of rotatable bonds is 21. The van der Waals surface area contributed by atoms with E-state index in [1.54, 1.807) is 0 Å². The number of nitrogen functional groups attached to an aromatic ring is 2. The fourth-order valence-electron chi connectivity index (χ4n) is 5.22. The molecule has 44 heavy (non-hydrogen) atoms. The third-order valence-corrected chi connectivity index (χ3v) is 10.9. The van der Waals surface area contributed by atoms with Gasteiger partial charge in [0.15, 0.2) is 0 Å². The van der Waals surface area contributed by atoms with Gasteiger partial charge in [-0.25, -0.2) is 0 Å². The van der Waals surface area contributed by atoms with Crippen molar-refractivity contribution in [2.75, 3.05) is 11.5 Å². The Kier molecular flexibility index (Phi) is 16.6. The van der Waals surface area contributed by atoms with Crippen molar-refractivity contribution in [3.63, 3.8) is 0 Å². The number of unbranched alkanes of at least 4 members (excludes halogenated alkanes) is 10. The van der Waals surface area contributed by atoms with E-state index in [-0.39, 0.29) is 17.0 Å². The zero-order chi connectivity index (χ0) is 32.5. The van der Waals surface area contributed by atoms with Crippen LogP contribution in [0.3, 0.4) is 0 Å². The van der Waals surface area contributed by atoms with E-state index in [9.17, 15) is 17.7 Å². The van der Waals surface area contributed by atoms with Gasteiger partial charge in [0.25, 0.3) is 0 Å². The molecule has 8 nitrogen and oxygen atoms in total. The fourth-order valence-corrected chi connectivity index (χ4v) is 8.19. The van der Waals surface area contributed by atoms with E-state index in [0.717, 1.165) is 31.6 Å². The summed E-state index contributed by atoms with van der Waals surface area (Å²) in [5.41, 5.74) is 12.4. The zero-order valence-corrected chi connectivity index (χ0v) is 28.7. The van der Waals surface area contributed by atoms with E-state index in [1.807, 2.05) is 13.8 Å². The Morgan fingerprint density at radius 3 is 1.27 bits per heavy atom. The van der Waals surface area contributed by atoms with Crippen molar-refractivity contribution in [2.24, 2.45) is 17.8 Å². The molecule has 0 amide bonds. The van der Waals surface area contributed by atoms with Crippen LogP contribution in [0.2, 0.25) is 0 Å². The van der Waals surface area contributed by atoms with Crippen molar-refractivity contribution < 1.29 is 41.7 Å². The molecule has 0 saturated heterocycles. The summed E-state index contributed by atoms with van der Waals surface area (Å²) in [5.74, 6) is -2.08. The van der Waals surface area contributed by atoms with Gasteiger partial charge in [0.1, 0.15) is 0 Å². The fraction of sp³-hybridized carbons (Fsp3) is 0.571. The predicted molar refractivity (Wildman–Crippen MR) is 171 cm³/mol. The maximum absolute atomic E-state index is 14.1. The molecular formula is C35H53N2O6Ti. The van der Waals surface area contributed by atoms with E-state index in [4.69, 9.17) is 18.1 Å². The Balaban J connectivity index is 1.95. The molecule has 0 aliphatic carbocycles. The Morgan fingerprint density at radius 2 is 0.932 bits per heavy atom. The third kappa shape index (κ3) is 13.4. The first kappa shape index (κ1) is 37.4. The Labute approximate surface area is 268 Å². The van der Waals surface area contributed by atoms with Crippen molar-refractivity contribution in [3.8, 4) is 0 Å². The summed E-state index contributed by atoms with van der Waals surface area (Å²) in [7, 11) is 0. The van der Waals surface area contributed by atoms with Crippen LogP contribution in [-0.2, 0) is 32.1 Å². The van der Waals surface area contributed by atoms with Crippen LogP contribution in [0.4, 0.5) is 11.4 Å². The van der Waals surface area contributed by atoms with Crippen LogP contribution in [0.5, 0.6) is 0 Å². The van der Waals surface area contributed by atoms with Gasteiger partial charge in [0, 0.05) is 0 Å². The van der Waals surface area contributed by atoms with Crippen LogP contribution in [0.15, 0.2) is 48.5 Å². The number of hydrogen-bond acceptors (Lipinski definition) is 8. The van der Waals surface area contributed by atoms with E-state index in [1.165, 1.54) is 99.9 Å². The van der Waals surface area contributed by atoms with E-state index < -0.39 is 39.3 Å². The number of carbonyl (C=O) groups is 3. The van der Waals surface area contributed by atoms with Crippen molar-refractivity contribution in [1.29, 1.82) is 0 Å². The van der Waals surface area contributed by atoms with Crippen LogP contribution in [-0.4, -0.2) is 16.0 Å². The number of anilines is 2. The van der Waals surface area contributed by atoms with Gasteiger partial charge in [-0.1, -0.05) is 33.1 Å². The minimum atomic E-state index is -5.92. The summed E-state index contributed by atoms with van der Waals surface area (Å²) in [5, 5.41) is 0. The summed E-state index contributed by atoms with van der Waals surface area (Å²) in [6, 6.07) is 11.6. The molecule has 0 bridgehead atoms. The third-order valence-electron chi connectivity index (χ3n) is 7.99. The molecule has 0 spiro atoms. The molecule has 0 aromatic heterocycles. The topological polar surface area (TPSA) is 139 Å². The van der Waals surface area contributed by atoms with Crippen molar-refractivity contribution in [2.45, 2.75) is 111 Å². The minimum absolute atomic E-state index is 0.0496. The van der Waals surface area contributed by atoms with Gasteiger partial charge in [0.05, 0.1) is 0 Å². The first-order chi connectivity index (χ1) is 20.9. The van der Waals surface area contributed by atoms with Gasteiger partial charge < -0.3 is 0 Å². The molecule has 0 aliphatic rings. The summed E-state index contributed by atoms with van der Waals surface area (Å²) < 4.78 is 24.0. The molecule has 2 rings (SSSR count). The van der Waals surface area contributed by atoms with Gasteiger partial charge in [0.2, 0.25) is 0 Å². The normalized spacial score (nSPS) is 12.3. The molecule has 2 aromatic rings. The zero-order valence-electron chi connectivity index (χ0n) is 27.1. The maximum atomic E-state index is 14.1. The Bertz CT molecular complexity index is 1150. The molecule has 0 fully saturated rings. The van der Waals surface area contributed by atoms with Crippen LogP contribution < -0.4 is 11.5 Å². The molecule has 1 atom stereocenters. The molecule has 2 aromatic carbocycles. The summed E-state index contributed by atoms with van der Waals surface area (Å²) in [4.78, 5) is 39.7. The number of benzene rings is 2. The van der Waals surface area contributed by atoms with Crippen molar-refractivity contribution >= 4 is 27.4 Å². The molecule has 1 unspecified atom stereocenters. The second kappa shape index (κ2) is 19.5. The SMILES string of the molecule is CC(C)CCCCCCCCCCCCCC([C](=O)[Ti](=[O])([O]C(=O)c1ccc(N)cc1)[O]C(=O)c1ccc(N)cc1)C(C)C. The van der Waals surface area contributed by atoms with Gasteiger partial charge in [-0.2, -0.15) is 0 Å². The molecular weight excluding hydrogens is 592 g/mol. The van der Waals surface area contributed by atoms with E-state index >= 15 is 0 Å². The predicted octanol–water partition coefficient (Wildman–Crippen LogP) is 8.72. The first-order valence-electron chi connectivity index (χ1n) is 16.4. The van der Waals surface area contributed by atoms with Crippen molar-refractivity contribution in [1.82, 2.24) is 0 Å². The summed E-state index contributed by atoms with van der Waals surface area (Å²) in [6.07, 6.45) is 14.8.